The molecule has 0 saturated carbocycles. The molecule has 3 heterocycles. The first kappa shape index (κ1) is 19.4. The molecular weight excluding hydrogens is 374 g/mol. The smallest absolute Gasteiger partial charge is 0.320 e. The lowest BCUT2D eigenvalue weighted by molar-refractivity contribution is -0.146. The summed E-state index contributed by atoms with van der Waals surface area (Å²) >= 11 is 7.22. The van der Waals surface area contributed by atoms with Crippen LogP contribution in [0.1, 0.15) is 32.1 Å². The van der Waals surface area contributed by atoms with Crippen LogP contribution < -0.4 is 5.73 Å². The van der Waals surface area contributed by atoms with E-state index >= 15 is 0 Å². The Morgan fingerprint density at radius 2 is 2.08 bits per heavy atom. The van der Waals surface area contributed by atoms with Crippen LogP contribution in [0.15, 0.2) is 18.2 Å². The lowest BCUT2D eigenvalue weighted by atomic mass is 9.96. The van der Waals surface area contributed by atoms with Crippen molar-refractivity contribution in [2.45, 2.75) is 44.2 Å². The third-order valence-electron chi connectivity index (χ3n) is 4.86. The first-order valence-corrected chi connectivity index (χ1v) is 10.1. The van der Waals surface area contributed by atoms with Gasteiger partial charge in [0.05, 0.1) is 10.2 Å². The number of nitrogens with zero attached hydrogens (tertiary/aromatic N) is 2. The highest BCUT2D eigenvalue weighted by molar-refractivity contribution is 7.22. The number of ether oxygens (including phenoxy) is 1. The molecule has 26 heavy (non-hydrogen) atoms. The van der Waals surface area contributed by atoms with Gasteiger partial charge in [0.15, 0.2) is 5.13 Å². The van der Waals surface area contributed by atoms with Crippen molar-refractivity contribution >= 4 is 44.3 Å². The molecule has 3 N–H and O–H groups in total. The van der Waals surface area contributed by atoms with Crippen molar-refractivity contribution in [3.8, 4) is 0 Å². The zero-order valence-corrected chi connectivity index (χ0v) is 16.1. The Kier molecular flexibility index (Phi) is 6.69. The molecule has 8 heteroatoms. The monoisotopic (exact) mass is 397 g/mol. The molecule has 2 aliphatic heterocycles. The minimum atomic E-state index is -0.652. The summed E-state index contributed by atoms with van der Waals surface area (Å²) in [5.41, 5.74) is 6.38. The van der Waals surface area contributed by atoms with Crippen LogP contribution in [0.2, 0.25) is 5.02 Å². The molecule has 0 spiro atoms. The van der Waals surface area contributed by atoms with Crippen molar-refractivity contribution in [1.82, 2.24) is 9.88 Å². The van der Waals surface area contributed by atoms with Crippen molar-refractivity contribution in [3.63, 3.8) is 0 Å². The SMILES string of the molecule is Nc1nc2cc(Cl)ccc2s1.O=C(O)[C@@H]1CCCCN1C1CCOCC1. The van der Waals surface area contributed by atoms with E-state index < -0.39 is 5.97 Å². The third-order valence-corrected chi connectivity index (χ3v) is 5.96. The van der Waals surface area contributed by atoms with E-state index in [1.165, 1.54) is 11.3 Å². The summed E-state index contributed by atoms with van der Waals surface area (Å²) in [6.07, 6.45) is 4.98. The highest BCUT2D eigenvalue weighted by atomic mass is 35.5. The van der Waals surface area contributed by atoms with E-state index in [0.717, 1.165) is 62.1 Å². The molecule has 1 aromatic carbocycles. The zero-order chi connectivity index (χ0) is 18.5. The van der Waals surface area contributed by atoms with Gasteiger partial charge >= 0.3 is 5.97 Å². The number of rotatable bonds is 2. The topological polar surface area (TPSA) is 88.7 Å². The standard InChI is InChI=1S/C11H19NO3.C7H5ClN2S/c13-11(14)10-3-1-2-6-12(10)9-4-7-15-8-5-9;8-4-1-2-6-5(3-4)10-7(9)11-6/h9-10H,1-8H2,(H,13,14);1-3H,(H2,9,10)/t10-;/m0./s1. The van der Waals surface area contributed by atoms with Crippen molar-refractivity contribution in [3.05, 3.63) is 23.2 Å². The molecule has 2 aliphatic rings. The Morgan fingerprint density at radius 1 is 1.31 bits per heavy atom. The van der Waals surface area contributed by atoms with Crippen LogP contribution in [0.4, 0.5) is 5.13 Å². The number of aromatic nitrogens is 1. The van der Waals surface area contributed by atoms with E-state index in [0.29, 0.717) is 16.2 Å². The molecule has 142 valence electrons. The molecule has 0 radical (unpaired) electrons. The molecule has 2 fully saturated rings. The predicted molar refractivity (Wildman–Crippen MR) is 105 cm³/mol. The van der Waals surface area contributed by atoms with Gasteiger partial charge in [0.1, 0.15) is 6.04 Å². The average Bonchev–Trinajstić information content (AvgIpc) is 3.02. The second-order valence-electron chi connectivity index (χ2n) is 6.60. The lowest BCUT2D eigenvalue weighted by Gasteiger charge is -2.40. The molecule has 0 bridgehead atoms. The minimum Gasteiger partial charge on any atom is -0.480 e. The summed E-state index contributed by atoms with van der Waals surface area (Å²) < 4.78 is 6.39. The number of nitrogen functional groups attached to an aromatic ring is 1. The van der Waals surface area contributed by atoms with E-state index in [1.54, 1.807) is 0 Å². The van der Waals surface area contributed by atoms with Crippen LogP contribution in [-0.2, 0) is 9.53 Å². The van der Waals surface area contributed by atoms with Gasteiger partial charge in [0.25, 0.3) is 0 Å². The summed E-state index contributed by atoms with van der Waals surface area (Å²) in [5, 5.41) is 10.4. The van der Waals surface area contributed by atoms with Crippen molar-refractivity contribution in [2.24, 2.45) is 0 Å². The van der Waals surface area contributed by atoms with Gasteiger partial charge < -0.3 is 15.6 Å². The molecule has 2 aromatic rings. The van der Waals surface area contributed by atoms with Gasteiger partial charge in [-0.2, -0.15) is 0 Å². The Bertz CT molecular complexity index is 748. The maximum Gasteiger partial charge on any atom is 0.320 e. The van der Waals surface area contributed by atoms with E-state index in [2.05, 4.69) is 9.88 Å². The van der Waals surface area contributed by atoms with E-state index in [1.807, 2.05) is 18.2 Å². The summed E-state index contributed by atoms with van der Waals surface area (Å²) in [6.45, 7) is 2.52. The van der Waals surface area contributed by atoms with Crippen LogP contribution >= 0.6 is 22.9 Å². The molecule has 2 saturated heterocycles. The lowest BCUT2D eigenvalue weighted by Crippen LogP contribution is -2.51. The minimum absolute atomic E-state index is 0.248. The molecule has 0 unspecified atom stereocenters. The van der Waals surface area contributed by atoms with E-state index in [4.69, 9.17) is 27.2 Å². The molecule has 6 nitrogen and oxygen atoms in total. The summed E-state index contributed by atoms with van der Waals surface area (Å²) in [5.74, 6) is -0.652. The Labute approximate surface area is 161 Å². The first-order valence-electron chi connectivity index (χ1n) is 8.92. The van der Waals surface area contributed by atoms with Gasteiger partial charge in [0, 0.05) is 24.3 Å². The van der Waals surface area contributed by atoms with Gasteiger partial charge in [-0.05, 0) is 50.4 Å². The summed E-state index contributed by atoms with van der Waals surface area (Å²) in [4.78, 5) is 17.4. The predicted octanol–water partition coefficient (Wildman–Crippen LogP) is 3.64. The molecular formula is C18H24ClN3O3S. The number of thiazole rings is 1. The largest absolute Gasteiger partial charge is 0.480 e. The summed E-state index contributed by atoms with van der Waals surface area (Å²) in [7, 11) is 0. The number of hydrogen-bond donors (Lipinski definition) is 2. The Balaban J connectivity index is 0.000000158. The molecule has 0 amide bonds. The van der Waals surface area contributed by atoms with Crippen LogP contribution in [0.5, 0.6) is 0 Å². The van der Waals surface area contributed by atoms with Crippen LogP contribution in [0.25, 0.3) is 10.2 Å². The maximum atomic E-state index is 11.1. The van der Waals surface area contributed by atoms with Gasteiger partial charge in [-0.1, -0.05) is 29.4 Å². The van der Waals surface area contributed by atoms with E-state index in [9.17, 15) is 4.79 Å². The number of piperidine rings is 1. The zero-order valence-electron chi connectivity index (χ0n) is 14.6. The number of anilines is 1. The highest BCUT2D eigenvalue weighted by Gasteiger charge is 2.33. The fourth-order valence-corrected chi connectivity index (χ4v) is 4.47. The number of hydrogen-bond acceptors (Lipinski definition) is 6. The number of likely N-dealkylation sites (tertiary alicyclic amines) is 1. The first-order chi connectivity index (χ1) is 12.5. The number of carbonyl (C=O) groups is 1. The van der Waals surface area contributed by atoms with E-state index in [-0.39, 0.29) is 6.04 Å². The number of carboxylic acid groups (broad SMARTS) is 1. The fraction of sp³-hybridized carbons (Fsp3) is 0.556. The van der Waals surface area contributed by atoms with Crippen LogP contribution in [0.3, 0.4) is 0 Å². The summed E-state index contributed by atoms with van der Waals surface area (Å²) in [6, 6.07) is 5.75. The average molecular weight is 398 g/mol. The highest BCUT2D eigenvalue weighted by Crippen LogP contribution is 2.26. The normalized spacial score (nSPS) is 22.0. The second kappa shape index (κ2) is 8.99. The Morgan fingerprint density at radius 3 is 2.81 bits per heavy atom. The van der Waals surface area contributed by atoms with Crippen LogP contribution in [-0.4, -0.2) is 52.8 Å². The van der Waals surface area contributed by atoms with Crippen molar-refractivity contribution < 1.29 is 14.6 Å². The van der Waals surface area contributed by atoms with Crippen LogP contribution in [0, 0.1) is 0 Å². The second-order valence-corrected chi connectivity index (χ2v) is 8.09. The van der Waals surface area contributed by atoms with Gasteiger partial charge in [-0.15, -0.1) is 0 Å². The van der Waals surface area contributed by atoms with Crippen molar-refractivity contribution in [1.29, 1.82) is 0 Å². The number of halogens is 1. The number of carboxylic acids is 1. The molecule has 4 rings (SSSR count). The van der Waals surface area contributed by atoms with Crippen molar-refractivity contribution in [2.75, 3.05) is 25.5 Å². The molecule has 1 atom stereocenters. The molecule has 0 aliphatic carbocycles. The van der Waals surface area contributed by atoms with Gasteiger partial charge in [-0.25, -0.2) is 4.98 Å². The third kappa shape index (κ3) is 4.85. The Hall–Kier alpha value is -1.41. The van der Waals surface area contributed by atoms with Gasteiger partial charge in [-0.3, -0.25) is 9.69 Å². The molecule has 1 aromatic heterocycles. The number of benzene rings is 1. The number of nitrogens with two attached hydrogens (primary N) is 1. The van der Waals surface area contributed by atoms with Gasteiger partial charge in [0.2, 0.25) is 0 Å². The number of aliphatic carboxylic acids is 1. The quantitative estimate of drug-likeness (QED) is 0.804. The fourth-order valence-electron chi connectivity index (χ4n) is 3.59. The number of fused-ring (bicyclic) bond motifs is 1. The maximum absolute atomic E-state index is 11.1.